The largest absolute Gasteiger partial charge is 0.393 e. The van der Waals surface area contributed by atoms with Crippen molar-refractivity contribution >= 4 is 12.4 Å². The third-order valence-electron chi connectivity index (χ3n) is 1.82. The van der Waals surface area contributed by atoms with Gasteiger partial charge in [-0.15, -0.1) is 12.4 Å². The van der Waals surface area contributed by atoms with Crippen LogP contribution in [0, 0.1) is 0 Å². The molecule has 62 valence electrons. The van der Waals surface area contributed by atoms with Gasteiger partial charge in [0.2, 0.25) is 0 Å². The van der Waals surface area contributed by atoms with E-state index in [9.17, 15) is 5.11 Å². The lowest BCUT2D eigenvalue weighted by Crippen LogP contribution is -2.44. The van der Waals surface area contributed by atoms with Crippen molar-refractivity contribution in [2.45, 2.75) is 44.9 Å². The van der Waals surface area contributed by atoms with E-state index in [0.717, 1.165) is 12.8 Å². The zero-order valence-corrected chi connectivity index (χ0v) is 7.32. The molecule has 1 fully saturated rings. The van der Waals surface area contributed by atoms with Gasteiger partial charge in [-0.2, -0.15) is 0 Å². The lowest BCUT2D eigenvalue weighted by Gasteiger charge is -2.29. The fourth-order valence-corrected chi connectivity index (χ4v) is 1.53. The Morgan fingerprint density at radius 3 is 1.90 bits per heavy atom. The van der Waals surface area contributed by atoms with E-state index in [4.69, 9.17) is 0 Å². The summed E-state index contributed by atoms with van der Waals surface area (Å²) in [4.78, 5) is 0. The van der Waals surface area contributed by atoms with Gasteiger partial charge in [-0.25, -0.2) is 0 Å². The molecule has 0 saturated carbocycles. The molecule has 0 aliphatic carbocycles. The Kier molecular flexibility index (Phi) is 4.25. The van der Waals surface area contributed by atoms with Gasteiger partial charge in [-0.3, -0.25) is 0 Å². The number of rotatable bonds is 0. The molecule has 1 aliphatic rings. The van der Waals surface area contributed by atoms with Crippen LogP contribution in [0.15, 0.2) is 0 Å². The van der Waals surface area contributed by atoms with Crippen molar-refractivity contribution in [3.05, 3.63) is 0 Å². The van der Waals surface area contributed by atoms with Crippen molar-refractivity contribution in [3.8, 4) is 0 Å². The summed E-state index contributed by atoms with van der Waals surface area (Å²) in [5, 5.41) is 12.6. The van der Waals surface area contributed by atoms with Gasteiger partial charge in [0.25, 0.3) is 0 Å². The number of nitrogens with one attached hydrogen (secondary N) is 1. The first-order valence-electron chi connectivity index (χ1n) is 3.62. The monoisotopic (exact) mass is 165 g/mol. The summed E-state index contributed by atoms with van der Waals surface area (Å²) in [6.45, 7) is 4.22. The van der Waals surface area contributed by atoms with E-state index in [-0.39, 0.29) is 18.5 Å². The van der Waals surface area contributed by atoms with Crippen LogP contribution in [0.1, 0.15) is 26.7 Å². The first-order chi connectivity index (χ1) is 4.18. The minimum Gasteiger partial charge on any atom is -0.393 e. The van der Waals surface area contributed by atoms with E-state index in [2.05, 4.69) is 19.2 Å². The number of hydrogen-bond acceptors (Lipinski definition) is 2. The summed E-state index contributed by atoms with van der Waals surface area (Å²) >= 11 is 0. The van der Waals surface area contributed by atoms with Crippen molar-refractivity contribution in [3.63, 3.8) is 0 Å². The molecule has 1 aliphatic heterocycles. The maximum absolute atomic E-state index is 9.21. The minimum atomic E-state index is -0.0729. The molecule has 2 atom stereocenters. The molecule has 0 radical (unpaired) electrons. The van der Waals surface area contributed by atoms with Gasteiger partial charge < -0.3 is 10.4 Å². The number of hydrogen-bond donors (Lipinski definition) is 2. The van der Waals surface area contributed by atoms with Crippen molar-refractivity contribution in [2.24, 2.45) is 0 Å². The van der Waals surface area contributed by atoms with Crippen LogP contribution in [0.2, 0.25) is 0 Å². The van der Waals surface area contributed by atoms with E-state index >= 15 is 0 Å². The Bertz CT molecular complexity index is 74.6. The highest BCUT2D eigenvalue weighted by atomic mass is 35.5. The predicted molar refractivity (Wildman–Crippen MR) is 44.5 cm³/mol. The van der Waals surface area contributed by atoms with Crippen LogP contribution in [-0.4, -0.2) is 23.3 Å². The molecule has 3 heteroatoms. The van der Waals surface area contributed by atoms with Crippen molar-refractivity contribution in [1.29, 1.82) is 0 Å². The third kappa shape index (κ3) is 2.86. The average molecular weight is 166 g/mol. The Balaban J connectivity index is 0.000000810. The Labute approximate surface area is 68.4 Å². The molecule has 0 aromatic rings. The highest BCUT2D eigenvalue weighted by Crippen LogP contribution is 2.11. The van der Waals surface area contributed by atoms with E-state index in [1.54, 1.807) is 0 Å². The lowest BCUT2D eigenvalue weighted by molar-refractivity contribution is 0.102. The summed E-state index contributed by atoms with van der Waals surface area (Å²) in [7, 11) is 0. The summed E-state index contributed by atoms with van der Waals surface area (Å²) in [5.41, 5.74) is 0. The second kappa shape index (κ2) is 4.16. The van der Waals surface area contributed by atoms with Crippen LogP contribution < -0.4 is 5.32 Å². The first-order valence-corrected chi connectivity index (χ1v) is 3.62. The second-order valence-electron chi connectivity index (χ2n) is 3.09. The molecule has 0 spiro atoms. The lowest BCUT2D eigenvalue weighted by atomic mass is 9.98. The summed E-state index contributed by atoms with van der Waals surface area (Å²) in [6, 6.07) is 0.979. The minimum absolute atomic E-state index is 0. The molecule has 0 bridgehead atoms. The molecule has 2 unspecified atom stereocenters. The van der Waals surface area contributed by atoms with Crippen LogP contribution in [0.5, 0.6) is 0 Å². The number of piperidine rings is 1. The maximum atomic E-state index is 9.21. The van der Waals surface area contributed by atoms with Gasteiger partial charge in [-0.1, -0.05) is 0 Å². The fourth-order valence-electron chi connectivity index (χ4n) is 1.53. The number of halogens is 1. The first kappa shape index (κ1) is 10.2. The molecule has 2 nitrogen and oxygen atoms in total. The second-order valence-corrected chi connectivity index (χ2v) is 3.09. The van der Waals surface area contributed by atoms with E-state index in [1.807, 2.05) is 0 Å². The molecule has 2 N–H and O–H groups in total. The highest BCUT2D eigenvalue weighted by molar-refractivity contribution is 5.85. The molecular weight excluding hydrogens is 150 g/mol. The molecule has 0 amide bonds. The van der Waals surface area contributed by atoms with E-state index < -0.39 is 0 Å². The zero-order valence-electron chi connectivity index (χ0n) is 6.50. The van der Waals surface area contributed by atoms with Crippen LogP contribution in [0.4, 0.5) is 0 Å². The molecule has 10 heavy (non-hydrogen) atoms. The van der Waals surface area contributed by atoms with Gasteiger partial charge in [0.1, 0.15) is 0 Å². The van der Waals surface area contributed by atoms with Crippen LogP contribution >= 0.6 is 12.4 Å². The molecule has 1 saturated heterocycles. The van der Waals surface area contributed by atoms with Crippen LogP contribution in [0.3, 0.4) is 0 Å². The highest BCUT2D eigenvalue weighted by Gasteiger charge is 2.20. The smallest absolute Gasteiger partial charge is 0.0569 e. The Morgan fingerprint density at radius 1 is 1.20 bits per heavy atom. The molecule has 0 aromatic heterocycles. The van der Waals surface area contributed by atoms with Crippen LogP contribution in [0.25, 0.3) is 0 Å². The number of aliphatic hydroxyl groups excluding tert-OH is 1. The Hall–Kier alpha value is 0.210. The normalized spacial score (nSPS) is 40.5. The molecule has 0 aromatic carbocycles. The summed E-state index contributed by atoms with van der Waals surface area (Å²) < 4.78 is 0. The molecule has 1 rings (SSSR count). The van der Waals surface area contributed by atoms with Gasteiger partial charge in [0.05, 0.1) is 6.10 Å². The predicted octanol–water partition coefficient (Wildman–Crippen LogP) is 0.929. The zero-order chi connectivity index (χ0) is 6.85. The fraction of sp³-hybridized carbons (Fsp3) is 1.00. The van der Waals surface area contributed by atoms with Gasteiger partial charge >= 0.3 is 0 Å². The van der Waals surface area contributed by atoms with Crippen molar-refractivity contribution < 1.29 is 5.11 Å². The quantitative estimate of drug-likeness (QED) is 0.560. The Morgan fingerprint density at radius 2 is 1.60 bits per heavy atom. The average Bonchev–Trinajstić information content (AvgIpc) is 1.59. The van der Waals surface area contributed by atoms with Gasteiger partial charge in [0, 0.05) is 12.1 Å². The topological polar surface area (TPSA) is 32.3 Å². The summed E-state index contributed by atoms with van der Waals surface area (Å²) in [5.74, 6) is 0. The van der Waals surface area contributed by atoms with E-state index in [0.29, 0.717) is 12.1 Å². The molecular formula is C7H16ClNO. The van der Waals surface area contributed by atoms with E-state index in [1.165, 1.54) is 0 Å². The van der Waals surface area contributed by atoms with Gasteiger partial charge in [0.15, 0.2) is 0 Å². The maximum Gasteiger partial charge on any atom is 0.0569 e. The van der Waals surface area contributed by atoms with Crippen molar-refractivity contribution in [2.75, 3.05) is 0 Å². The summed E-state index contributed by atoms with van der Waals surface area (Å²) in [6.07, 6.45) is 1.74. The van der Waals surface area contributed by atoms with Gasteiger partial charge in [-0.05, 0) is 26.7 Å². The SMILES string of the molecule is CC1CC(O)CC(C)N1.Cl. The molecule has 1 heterocycles. The number of aliphatic hydroxyl groups is 1. The standard InChI is InChI=1S/C7H15NO.ClH/c1-5-3-7(9)4-6(2)8-5;/h5-9H,3-4H2,1-2H3;1H. The van der Waals surface area contributed by atoms with Crippen LogP contribution in [-0.2, 0) is 0 Å². The third-order valence-corrected chi connectivity index (χ3v) is 1.82. The van der Waals surface area contributed by atoms with Crippen molar-refractivity contribution in [1.82, 2.24) is 5.32 Å².